The summed E-state index contributed by atoms with van der Waals surface area (Å²) >= 11 is 0. The molecule has 1 rings (SSSR count). The summed E-state index contributed by atoms with van der Waals surface area (Å²) in [6.07, 6.45) is -0.528. The molecule has 0 amide bonds. The average Bonchev–Trinajstić information content (AvgIpc) is 2.41. The molecule has 0 spiro atoms. The highest BCUT2D eigenvalue weighted by atomic mass is 16.6. The van der Waals surface area contributed by atoms with Crippen molar-refractivity contribution in [2.24, 2.45) is 0 Å². The number of rotatable bonds is 9. The Labute approximate surface area is 114 Å². The van der Waals surface area contributed by atoms with Gasteiger partial charge < -0.3 is 25.0 Å². The van der Waals surface area contributed by atoms with Crippen molar-refractivity contribution in [2.75, 3.05) is 19.9 Å². The molecular weight excluding hydrogens is 246 g/mol. The number of aliphatic hydroxyl groups is 2. The summed E-state index contributed by atoms with van der Waals surface area (Å²) in [5.41, 5.74) is 0.962. The summed E-state index contributed by atoms with van der Waals surface area (Å²) in [4.78, 5) is 0. The second-order valence-corrected chi connectivity index (χ2v) is 4.65. The molecule has 1 atom stereocenters. The van der Waals surface area contributed by atoms with Gasteiger partial charge in [-0.15, -0.1) is 0 Å². The van der Waals surface area contributed by atoms with Crippen LogP contribution in [-0.4, -0.2) is 42.3 Å². The molecule has 5 heteroatoms. The zero-order valence-corrected chi connectivity index (χ0v) is 11.5. The molecule has 0 saturated carbocycles. The summed E-state index contributed by atoms with van der Waals surface area (Å²) in [7, 11) is 0. The van der Waals surface area contributed by atoms with E-state index in [0.717, 1.165) is 5.56 Å². The van der Waals surface area contributed by atoms with Crippen LogP contribution in [0.5, 0.6) is 5.75 Å². The average molecular weight is 269 g/mol. The highest BCUT2D eigenvalue weighted by Gasteiger charge is 2.05. The van der Waals surface area contributed by atoms with Crippen LogP contribution >= 0.6 is 0 Å². The Kier molecular flexibility index (Phi) is 7.43. The van der Waals surface area contributed by atoms with E-state index in [9.17, 15) is 5.11 Å². The first-order valence-corrected chi connectivity index (χ1v) is 6.43. The van der Waals surface area contributed by atoms with Crippen molar-refractivity contribution in [1.29, 1.82) is 0 Å². The first-order chi connectivity index (χ1) is 9.11. The Morgan fingerprint density at radius 2 is 1.89 bits per heavy atom. The maximum Gasteiger partial charge on any atom is 0.144 e. The molecule has 5 nitrogen and oxygen atoms in total. The molecule has 3 N–H and O–H groups in total. The van der Waals surface area contributed by atoms with Gasteiger partial charge in [-0.1, -0.05) is 26.0 Å². The van der Waals surface area contributed by atoms with Crippen LogP contribution in [0.15, 0.2) is 24.3 Å². The molecule has 19 heavy (non-hydrogen) atoms. The zero-order chi connectivity index (χ0) is 14.1. The van der Waals surface area contributed by atoms with Crippen molar-refractivity contribution >= 4 is 0 Å². The molecule has 0 aliphatic carbocycles. The van der Waals surface area contributed by atoms with Crippen LogP contribution in [0.3, 0.4) is 0 Å². The van der Waals surface area contributed by atoms with Gasteiger partial charge in [0.1, 0.15) is 25.3 Å². The van der Waals surface area contributed by atoms with Gasteiger partial charge in [0.2, 0.25) is 0 Å². The van der Waals surface area contributed by atoms with Crippen molar-refractivity contribution in [3.05, 3.63) is 29.8 Å². The Morgan fingerprint density at radius 3 is 2.47 bits per heavy atom. The third-order valence-electron chi connectivity index (χ3n) is 2.49. The van der Waals surface area contributed by atoms with Gasteiger partial charge in [0, 0.05) is 12.6 Å². The monoisotopic (exact) mass is 269 g/mol. The van der Waals surface area contributed by atoms with E-state index < -0.39 is 6.10 Å². The smallest absolute Gasteiger partial charge is 0.144 e. The van der Waals surface area contributed by atoms with Crippen LogP contribution in [0.4, 0.5) is 0 Å². The minimum absolute atomic E-state index is 0.256. The second-order valence-electron chi connectivity index (χ2n) is 4.65. The third kappa shape index (κ3) is 7.12. The lowest BCUT2D eigenvalue weighted by Crippen LogP contribution is -2.35. The normalized spacial score (nSPS) is 12.7. The molecule has 0 aliphatic rings. The van der Waals surface area contributed by atoms with Crippen LogP contribution in [0, 0.1) is 0 Å². The van der Waals surface area contributed by atoms with Crippen molar-refractivity contribution in [3.63, 3.8) is 0 Å². The van der Waals surface area contributed by atoms with E-state index in [1.165, 1.54) is 0 Å². The second kappa shape index (κ2) is 8.87. The van der Waals surface area contributed by atoms with E-state index in [4.69, 9.17) is 14.6 Å². The molecule has 0 aromatic heterocycles. The fourth-order valence-electron chi connectivity index (χ4n) is 1.47. The Morgan fingerprint density at radius 1 is 1.21 bits per heavy atom. The lowest BCUT2D eigenvalue weighted by molar-refractivity contribution is -0.0112. The number of nitrogens with one attached hydrogen (secondary N) is 1. The largest absolute Gasteiger partial charge is 0.491 e. The number of hydrogen-bond donors (Lipinski definition) is 3. The van der Waals surface area contributed by atoms with E-state index in [-0.39, 0.29) is 13.4 Å². The van der Waals surface area contributed by atoms with Gasteiger partial charge >= 0.3 is 0 Å². The lowest BCUT2D eigenvalue weighted by atomic mass is 10.2. The molecule has 108 valence electrons. The fraction of sp³-hybridized carbons (Fsp3) is 0.571. The summed E-state index contributed by atoms with van der Waals surface area (Å²) < 4.78 is 10.4. The van der Waals surface area contributed by atoms with Gasteiger partial charge in [0.15, 0.2) is 0 Å². The Balaban J connectivity index is 2.29. The van der Waals surface area contributed by atoms with Crippen molar-refractivity contribution in [3.8, 4) is 5.75 Å². The van der Waals surface area contributed by atoms with Gasteiger partial charge in [0.05, 0.1) is 6.61 Å². The molecular formula is C14H23NO4. The third-order valence-corrected chi connectivity index (χ3v) is 2.49. The van der Waals surface area contributed by atoms with Crippen LogP contribution in [0.25, 0.3) is 0 Å². The van der Waals surface area contributed by atoms with Crippen LogP contribution in [0.1, 0.15) is 19.4 Å². The molecule has 1 aromatic rings. The summed E-state index contributed by atoms with van der Waals surface area (Å²) in [5, 5.41) is 21.4. The van der Waals surface area contributed by atoms with Gasteiger partial charge in [-0.2, -0.15) is 0 Å². The van der Waals surface area contributed by atoms with Crippen LogP contribution < -0.4 is 10.1 Å². The number of ether oxygens (including phenoxy) is 2. The summed E-state index contributed by atoms with van der Waals surface area (Å²) in [5.74, 6) is 0.705. The van der Waals surface area contributed by atoms with Gasteiger partial charge in [-0.05, 0) is 17.7 Å². The molecule has 0 saturated heterocycles. The topological polar surface area (TPSA) is 71.0 Å². The minimum atomic E-state index is -0.528. The SMILES string of the molecule is CC(C)NCC(O)COc1ccc(COCO)cc1. The van der Waals surface area contributed by atoms with E-state index in [2.05, 4.69) is 5.32 Å². The van der Waals surface area contributed by atoms with E-state index in [1.807, 2.05) is 38.1 Å². The van der Waals surface area contributed by atoms with E-state index >= 15 is 0 Å². The fourth-order valence-corrected chi connectivity index (χ4v) is 1.47. The quantitative estimate of drug-likeness (QED) is 0.581. The van der Waals surface area contributed by atoms with Gasteiger partial charge in [-0.3, -0.25) is 0 Å². The maximum absolute atomic E-state index is 9.69. The Bertz CT molecular complexity index is 340. The predicted octanol–water partition coefficient (Wildman–Crippen LogP) is 0.891. The number of hydrogen-bond acceptors (Lipinski definition) is 5. The predicted molar refractivity (Wildman–Crippen MR) is 73.0 cm³/mol. The minimum Gasteiger partial charge on any atom is -0.491 e. The van der Waals surface area contributed by atoms with Crippen LogP contribution in [0.2, 0.25) is 0 Å². The molecule has 0 fully saturated rings. The first-order valence-electron chi connectivity index (χ1n) is 6.43. The number of benzene rings is 1. The van der Waals surface area contributed by atoms with Gasteiger partial charge in [-0.25, -0.2) is 0 Å². The summed E-state index contributed by atoms with van der Waals surface area (Å²) in [6.45, 7) is 4.92. The van der Waals surface area contributed by atoms with E-state index in [0.29, 0.717) is 24.9 Å². The molecule has 1 aromatic carbocycles. The lowest BCUT2D eigenvalue weighted by Gasteiger charge is -2.15. The van der Waals surface area contributed by atoms with Crippen molar-refractivity contribution in [1.82, 2.24) is 5.32 Å². The zero-order valence-electron chi connectivity index (χ0n) is 11.5. The van der Waals surface area contributed by atoms with Crippen molar-refractivity contribution in [2.45, 2.75) is 32.6 Å². The highest BCUT2D eigenvalue weighted by Crippen LogP contribution is 2.13. The maximum atomic E-state index is 9.69. The molecule has 0 radical (unpaired) electrons. The molecule has 1 unspecified atom stereocenters. The highest BCUT2D eigenvalue weighted by molar-refractivity contribution is 5.26. The molecule has 0 aliphatic heterocycles. The van der Waals surface area contributed by atoms with Gasteiger partial charge in [0.25, 0.3) is 0 Å². The standard InChI is InChI=1S/C14H23NO4/c1-11(2)15-7-13(17)9-19-14-5-3-12(4-6-14)8-18-10-16/h3-6,11,13,15-17H,7-10H2,1-2H3. The molecule has 0 bridgehead atoms. The summed E-state index contributed by atoms with van der Waals surface area (Å²) in [6, 6.07) is 7.71. The Hall–Kier alpha value is -1.14. The van der Waals surface area contributed by atoms with Crippen LogP contribution in [-0.2, 0) is 11.3 Å². The number of aliphatic hydroxyl groups excluding tert-OH is 2. The molecule has 0 heterocycles. The van der Waals surface area contributed by atoms with E-state index in [1.54, 1.807) is 0 Å². The first kappa shape index (κ1) is 15.9. The van der Waals surface area contributed by atoms with Crippen molar-refractivity contribution < 1.29 is 19.7 Å².